The van der Waals surface area contributed by atoms with Gasteiger partial charge in [-0.15, -0.1) is 0 Å². The van der Waals surface area contributed by atoms with Crippen molar-refractivity contribution in [2.45, 2.75) is 19.4 Å². The fourth-order valence-electron chi connectivity index (χ4n) is 3.94. The number of aromatic nitrogens is 4. The minimum Gasteiger partial charge on any atom is -0.494 e. The number of hydrogen-bond acceptors (Lipinski definition) is 7. The van der Waals surface area contributed by atoms with Crippen LogP contribution in [0.15, 0.2) is 73.2 Å². The molecule has 0 bridgehead atoms. The third kappa shape index (κ3) is 5.23. The summed E-state index contributed by atoms with van der Waals surface area (Å²) in [5.74, 6) is 0.567. The summed E-state index contributed by atoms with van der Waals surface area (Å²) in [5.41, 5.74) is 4.94. The first kappa shape index (κ1) is 23.2. The highest BCUT2D eigenvalue weighted by molar-refractivity contribution is 5.92. The number of halogens is 1. The number of hydroxylamine groups is 1. The first-order valence-corrected chi connectivity index (χ1v) is 11.4. The van der Waals surface area contributed by atoms with Crippen LogP contribution in [0, 0.1) is 5.82 Å². The molecule has 0 saturated heterocycles. The van der Waals surface area contributed by atoms with E-state index in [4.69, 9.17) is 9.94 Å². The van der Waals surface area contributed by atoms with Gasteiger partial charge in [0.1, 0.15) is 23.7 Å². The molecule has 36 heavy (non-hydrogen) atoms. The number of nitrogens with one attached hydrogen (secondary N) is 2. The predicted molar refractivity (Wildman–Crippen MR) is 133 cm³/mol. The SMILES string of the molecule is O=C(CCCOc1ccc2c(Nc3ccc4c(cnn4Cc4cccc(F)c4)c3)ncnc2c1)NO. The Kier molecular flexibility index (Phi) is 6.67. The van der Waals surface area contributed by atoms with Gasteiger partial charge >= 0.3 is 0 Å². The lowest BCUT2D eigenvalue weighted by Crippen LogP contribution is -2.18. The van der Waals surface area contributed by atoms with Crippen molar-refractivity contribution in [3.8, 4) is 5.75 Å². The summed E-state index contributed by atoms with van der Waals surface area (Å²) in [6.45, 7) is 0.811. The Morgan fingerprint density at radius 1 is 1.08 bits per heavy atom. The highest BCUT2D eigenvalue weighted by atomic mass is 19.1. The molecule has 182 valence electrons. The Morgan fingerprint density at radius 3 is 2.86 bits per heavy atom. The summed E-state index contributed by atoms with van der Waals surface area (Å²) >= 11 is 0. The zero-order valence-electron chi connectivity index (χ0n) is 19.2. The van der Waals surface area contributed by atoms with E-state index in [1.165, 1.54) is 18.5 Å². The molecule has 0 atom stereocenters. The van der Waals surface area contributed by atoms with E-state index < -0.39 is 5.91 Å². The van der Waals surface area contributed by atoms with E-state index in [1.54, 1.807) is 17.7 Å². The molecule has 0 aliphatic heterocycles. The van der Waals surface area contributed by atoms with Crippen LogP contribution in [0.5, 0.6) is 5.75 Å². The average Bonchev–Trinajstić information content (AvgIpc) is 3.28. The number of anilines is 2. The maximum Gasteiger partial charge on any atom is 0.243 e. The highest BCUT2D eigenvalue weighted by Crippen LogP contribution is 2.28. The largest absolute Gasteiger partial charge is 0.494 e. The molecule has 5 rings (SSSR count). The number of ether oxygens (including phenoxy) is 1. The van der Waals surface area contributed by atoms with Gasteiger partial charge in [-0.05, 0) is 54.4 Å². The normalized spacial score (nSPS) is 11.1. The molecule has 1 amide bonds. The van der Waals surface area contributed by atoms with Crippen molar-refractivity contribution in [3.05, 3.63) is 84.6 Å². The monoisotopic (exact) mass is 486 g/mol. The molecule has 3 aromatic carbocycles. The highest BCUT2D eigenvalue weighted by Gasteiger charge is 2.09. The van der Waals surface area contributed by atoms with Crippen LogP contribution in [0.3, 0.4) is 0 Å². The topological polar surface area (TPSA) is 114 Å². The molecule has 0 aliphatic rings. The molecule has 5 aromatic rings. The number of amides is 1. The summed E-state index contributed by atoms with van der Waals surface area (Å²) in [5, 5.41) is 18.1. The maximum absolute atomic E-state index is 13.5. The zero-order valence-corrected chi connectivity index (χ0v) is 19.2. The van der Waals surface area contributed by atoms with Gasteiger partial charge in [-0.1, -0.05) is 12.1 Å². The van der Waals surface area contributed by atoms with E-state index in [9.17, 15) is 9.18 Å². The maximum atomic E-state index is 13.5. The molecule has 2 heterocycles. The Morgan fingerprint density at radius 2 is 2.00 bits per heavy atom. The smallest absolute Gasteiger partial charge is 0.243 e. The summed E-state index contributed by atoms with van der Waals surface area (Å²) in [6, 6.07) is 17.9. The Hall–Kier alpha value is -4.57. The summed E-state index contributed by atoms with van der Waals surface area (Å²) in [7, 11) is 0. The Labute approximate surface area is 205 Å². The average molecular weight is 487 g/mol. The third-order valence-corrected chi connectivity index (χ3v) is 5.68. The number of nitrogens with zero attached hydrogens (tertiary/aromatic N) is 4. The molecule has 0 aliphatic carbocycles. The second-order valence-corrected chi connectivity index (χ2v) is 8.22. The van der Waals surface area contributed by atoms with Crippen molar-refractivity contribution < 1.29 is 19.1 Å². The molecule has 2 aromatic heterocycles. The Balaban J connectivity index is 1.30. The van der Waals surface area contributed by atoms with E-state index in [1.807, 2.05) is 47.1 Å². The zero-order chi connectivity index (χ0) is 24.9. The van der Waals surface area contributed by atoms with E-state index in [-0.39, 0.29) is 12.2 Å². The molecule has 0 fully saturated rings. The third-order valence-electron chi connectivity index (χ3n) is 5.68. The lowest BCUT2D eigenvalue weighted by atomic mass is 10.2. The van der Waals surface area contributed by atoms with Crippen LogP contribution in [0.1, 0.15) is 18.4 Å². The van der Waals surface area contributed by atoms with Gasteiger partial charge in [-0.3, -0.25) is 14.7 Å². The van der Waals surface area contributed by atoms with Gasteiger partial charge in [0, 0.05) is 28.9 Å². The molecular formula is C26H23FN6O3. The molecular weight excluding hydrogens is 463 g/mol. The van der Waals surface area contributed by atoms with Gasteiger partial charge in [-0.2, -0.15) is 5.10 Å². The molecule has 0 spiro atoms. The van der Waals surface area contributed by atoms with Crippen molar-refractivity contribution in [2.75, 3.05) is 11.9 Å². The fraction of sp³-hybridized carbons (Fsp3) is 0.154. The summed E-state index contributed by atoms with van der Waals surface area (Å²) in [6.07, 6.45) is 3.91. The first-order chi connectivity index (χ1) is 17.6. The minimum absolute atomic E-state index is 0.175. The number of carbonyl (C=O) groups is 1. The fourth-order valence-corrected chi connectivity index (χ4v) is 3.94. The van der Waals surface area contributed by atoms with Crippen LogP contribution in [0.25, 0.3) is 21.8 Å². The lowest BCUT2D eigenvalue weighted by molar-refractivity contribution is -0.129. The molecule has 3 N–H and O–H groups in total. The van der Waals surface area contributed by atoms with Crippen molar-refractivity contribution >= 4 is 39.2 Å². The molecule has 0 radical (unpaired) electrons. The molecule has 0 saturated carbocycles. The second kappa shape index (κ2) is 10.4. The van der Waals surface area contributed by atoms with Crippen LogP contribution >= 0.6 is 0 Å². The number of benzene rings is 3. The number of rotatable bonds is 9. The standard InChI is InChI=1S/C26H23FN6O3/c27-19-4-1-3-17(11-19)15-33-24-9-6-20(12-18(24)14-30-33)31-26-22-8-7-21(13-23(22)28-16-29-26)36-10-2-5-25(34)32-35/h1,3-4,6-9,11-14,16,35H,2,5,10,15H2,(H,32,34)(H,28,29,31). The summed E-state index contributed by atoms with van der Waals surface area (Å²) in [4.78, 5) is 19.8. The summed E-state index contributed by atoms with van der Waals surface area (Å²) < 4.78 is 21.1. The number of hydrogen-bond donors (Lipinski definition) is 3. The van der Waals surface area contributed by atoms with E-state index in [0.717, 1.165) is 27.5 Å². The van der Waals surface area contributed by atoms with Gasteiger partial charge in [-0.25, -0.2) is 19.8 Å². The van der Waals surface area contributed by atoms with Crippen LogP contribution < -0.4 is 15.5 Å². The number of carbonyl (C=O) groups excluding carboxylic acids is 1. The van der Waals surface area contributed by atoms with Crippen LogP contribution in [-0.4, -0.2) is 37.5 Å². The van der Waals surface area contributed by atoms with Crippen molar-refractivity contribution in [2.24, 2.45) is 0 Å². The van der Waals surface area contributed by atoms with Crippen LogP contribution in [-0.2, 0) is 11.3 Å². The Bertz CT molecular complexity index is 1540. The van der Waals surface area contributed by atoms with E-state index in [0.29, 0.717) is 36.7 Å². The van der Waals surface area contributed by atoms with Gasteiger partial charge in [0.05, 0.1) is 30.4 Å². The predicted octanol–water partition coefficient (Wildman–Crippen LogP) is 4.57. The van der Waals surface area contributed by atoms with Crippen LogP contribution in [0.4, 0.5) is 15.9 Å². The molecule has 0 unspecified atom stereocenters. The van der Waals surface area contributed by atoms with E-state index >= 15 is 0 Å². The van der Waals surface area contributed by atoms with Gasteiger partial charge < -0.3 is 10.1 Å². The van der Waals surface area contributed by atoms with Crippen molar-refractivity contribution in [1.82, 2.24) is 25.2 Å². The lowest BCUT2D eigenvalue weighted by Gasteiger charge is -2.11. The molecule has 10 heteroatoms. The quantitative estimate of drug-likeness (QED) is 0.159. The number of fused-ring (bicyclic) bond motifs is 2. The minimum atomic E-state index is -0.447. The van der Waals surface area contributed by atoms with Gasteiger partial charge in [0.25, 0.3) is 0 Å². The van der Waals surface area contributed by atoms with Gasteiger partial charge in [0.15, 0.2) is 0 Å². The molecule has 9 nitrogen and oxygen atoms in total. The van der Waals surface area contributed by atoms with Crippen LogP contribution in [0.2, 0.25) is 0 Å². The first-order valence-electron chi connectivity index (χ1n) is 11.4. The van der Waals surface area contributed by atoms with Crippen molar-refractivity contribution in [3.63, 3.8) is 0 Å². The second-order valence-electron chi connectivity index (χ2n) is 8.22. The van der Waals surface area contributed by atoms with Gasteiger partial charge in [0.2, 0.25) is 5.91 Å². The van der Waals surface area contributed by atoms with Crippen molar-refractivity contribution in [1.29, 1.82) is 0 Å². The van der Waals surface area contributed by atoms with E-state index in [2.05, 4.69) is 20.4 Å².